The number of carbonyl (C=O) groups is 1. The highest BCUT2D eigenvalue weighted by atomic mass is 16.3. The molecule has 0 aliphatic carbocycles. The molecule has 3 aromatic rings. The molecule has 1 aliphatic rings. The highest BCUT2D eigenvalue weighted by Crippen LogP contribution is 2.18. The van der Waals surface area contributed by atoms with E-state index >= 15 is 0 Å². The molecule has 6 heteroatoms. The molecule has 1 aromatic heterocycles. The number of aromatic nitrogens is 2. The summed E-state index contributed by atoms with van der Waals surface area (Å²) in [5.41, 5.74) is 3.13. The number of benzene rings is 2. The average Bonchev–Trinajstić information content (AvgIpc) is 3.08. The largest absolute Gasteiger partial charge is 0.391 e. The van der Waals surface area contributed by atoms with Gasteiger partial charge in [-0.2, -0.15) is 5.10 Å². The summed E-state index contributed by atoms with van der Waals surface area (Å²) in [5, 5.41) is 21.5. The zero-order valence-electron chi connectivity index (χ0n) is 14.4. The van der Waals surface area contributed by atoms with E-state index in [-0.39, 0.29) is 12.1 Å². The van der Waals surface area contributed by atoms with Crippen LogP contribution in [0.15, 0.2) is 54.7 Å². The molecule has 1 unspecified atom stereocenters. The van der Waals surface area contributed by atoms with Crippen molar-refractivity contribution >= 4 is 16.9 Å². The van der Waals surface area contributed by atoms with Gasteiger partial charge in [-0.3, -0.25) is 5.10 Å². The lowest BCUT2D eigenvalue weighted by Gasteiger charge is -2.22. The first-order chi connectivity index (χ1) is 12.7. The number of nitrogens with zero attached hydrogens (tertiary/aromatic N) is 2. The first-order valence-electron chi connectivity index (χ1n) is 8.88. The summed E-state index contributed by atoms with van der Waals surface area (Å²) in [6.07, 6.45) is 2.41. The van der Waals surface area contributed by atoms with Gasteiger partial charge in [0.1, 0.15) is 0 Å². The Hall–Kier alpha value is -2.86. The minimum absolute atomic E-state index is 0.130. The molecule has 2 atom stereocenters. The van der Waals surface area contributed by atoms with Gasteiger partial charge in [-0.25, -0.2) is 4.79 Å². The molecule has 0 spiro atoms. The third-order valence-electron chi connectivity index (χ3n) is 4.93. The molecule has 0 saturated carbocycles. The van der Waals surface area contributed by atoms with E-state index in [9.17, 15) is 9.90 Å². The standard InChI is InChI=1S/C20H22N4O2/c25-19-8-9-24(13-15-6-7-17-16(10-15)12-21-23-17)20(26)22-18(19)11-14-4-2-1-3-5-14/h1-7,10,12,18-19,25H,8-9,11,13H2,(H,21,23)(H,22,26)/t18-,19?/m1/s1. The van der Waals surface area contributed by atoms with Crippen LogP contribution in [0.25, 0.3) is 10.9 Å². The van der Waals surface area contributed by atoms with Gasteiger partial charge in [-0.1, -0.05) is 36.4 Å². The number of urea groups is 1. The third-order valence-corrected chi connectivity index (χ3v) is 4.93. The van der Waals surface area contributed by atoms with Crippen molar-refractivity contribution in [2.75, 3.05) is 6.54 Å². The van der Waals surface area contributed by atoms with Crippen LogP contribution in [0.5, 0.6) is 0 Å². The van der Waals surface area contributed by atoms with E-state index in [1.807, 2.05) is 48.5 Å². The van der Waals surface area contributed by atoms with Crippen molar-refractivity contribution in [2.45, 2.75) is 31.5 Å². The first kappa shape index (κ1) is 16.6. The SMILES string of the molecule is O=C1N[C@H](Cc2ccccc2)C(O)CCN1Cc1ccc2[nH]ncc2c1. The van der Waals surface area contributed by atoms with Crippen LogP contribution in [0.4, 0.5) is 4.79 Å². The van der Waals surface area contributed by atoms with Crippen molar-refractivity contribution in [1.29, 1.82) is 0 Å². The van der Waals surface area contributed by atoms with Crippen molar-refractivity contribution < 1.29 is 9.90 Å². The fourth-order valence-corrected chi connectivity index (χ4v) is 3.45. The smallest absolute Gasteiger partial charge is 0.318 e. The zero-order valence-corrected chi connectivity index (χ0v) is 14.4. The van der Waals surface area contributed by atoms with Crippen molar-refractivity contribution in [2.24, 2.45) is 0 Å². The van der Waals surface area contributed by atoms with Crippen LogP contribution < -0.4 is 5.32 Å². The number of aliphatic hydroxyl groups is 1. The van der Waals surface area contributed by atoms with Gasteiger partial charge in [-0.05, 0) is 36.1 Å². The summed E-state index contributed by atoms with van der Waals surface area (Å²) in [6.45, 7) is 1.04. The quantitative estimate of drug-likeness (QED) is 0.676. The molecule has 1 saturated heterocycles. The maximum absolute atomic E-state index is 12.7. The number of amides is 2. The summed E-state index contributed by atoms with van der Waals surface area (Å²) >= 11 is 0. The number of aromatic amines is 1. The van der Waals surface area contributed by atoms with E-state index in [1.54, 1.807) is 11.1 Å². The number of hydrogen-bond donors (Lipinski definition) is 3. The predicted octanol–water partition coefficient (Wildman–Crippen LogP) is 2.45. The van der Waals surface area contributed by atoms with Gasteiger partial charge < -0.3 is 15.3 Å². The molecule has 134 valence electrons. The second-order valence-electron chi connectivity index (χ2n) is 6.81. The van der Waals surface area contributed by atoms with Gasteiger partial charge in [0.05, 0.1) is 23.9 Å². The number of H-pyrrole nitrogens is 1. The maximum atomic E-state index is 12.7. The summed E-state index contributed by atoms with van der Waals surface area (Å²) in [4.78, 5) is 14.4. The van der Waals surface area contributed by atoms with Crippen LogP contribution in [-0.4, -0.2) is 44.9 Å². The second kappa shape index (κ2) is 7.17. The molecule has 2 aromatic carbocycles. The van der Waals surface area contributed by atoms with Crippen molar-refractivity contribution in [3.8, 4) is 0 Å². The molecule has 1 fully saturated rings. The van der Waals surface area contributed by atoms with Crippen LogP contribution in [0, 0.1) is 0 Å². The van der Waals surface area contributed by atoms with Crippen LogP contribution in [0.1, 0.15) is 17.5 Å². The van der Waals surface area contributed by atoms with Gasteiger partial charge in [-0.15, -0.1) is 0 Å². The van der Waals surface area contributed by atoms with Crippen molar-refractivity contribution in [3.63, 3.8) is 0 Å². The van der Waals surface area contributed by atoms with E-state index in [2.05, 4.69) is 15.5 Å². The molecule has 2 amide bonds. The van der Waals surface area contributed by atoms with Crippen LogP contribution in [0.2, 0.25) is 0 Å². The normalized spacial score (nSPS) is 20.8. The minimum atomic E-state index is -0.555. The summed E-state index contributed by atoms with van der Waals surface area (Å²) in [5.74, 6) is 0. The highest BCUT2D eigenvalue weighted by molar-refractivity contribution is 5.79. The fraction of sp³-hybridized carbons (Fsp3) is 0.300. The molecule has 3 N–H and O–H groups in total. The molecule has 0 bridgehead atoms. The van der Waals surface area contributed by atoms with E-state index in [1.165, 1.54) is 0 Å². The Kier molecular flexibility index (Phi) is 4.58. The van der Waals surface area contributed by atoms with Gasteiger partial charge in [0, 0.05) is 18.5 Å². The fourth-order valence-electron chi connectivity index (χ4n) is 3.45. The Morgan fingerprint density at radius 1 is 1.15 bits per heavy atom. The molecule has 2 heterocycles. The number of carbonyl (C=O) groups excluding carboxylic acids is 1. The van der Waals surface area contributed by atoms with E-state index in [0.29, 0.717) is 25.9 Å². The Balaban J connectivity index is 1.46. The highest BCUT2D eigenvalue weighted by Gasteiger charge is 2.29. The first-order valence-corrected chi connectivity index (χ1v) is 8.88. The Bertz CT molecular complexity index is 893. The molecule has 26 heavy (non-hydrogen) atoms. The maximum Gasteiger partial charge on any atom is 0.318 e. The lowest BCUT2D eigenvalue weighted by atomic mass is 10.00. The molecule has 6 nitrogen and oxygen atoms in total. The van der Waals surface area contributed by atoms with Crippen LogP contribution in [-0.2, 0) is 13.0 Å². The molecule has 0 radical (unpaired) electrons. The number of fused-ring (bicyclic) bond motifs is 1. The lowest BCUT2D eigenvalue weighted by Crippen LogP contribution is -2.45. The predicted molar refractivity (Wildman–Crippen MR) is 99.6 cm³/mol. The molecular formula is C20H22N4O2. The number of rotatable bonds is 4. The van der Waals surface area contributed by atoms with Crippen LogP contribution >= 0.6 is 0 Å². The second-order valence-corrected chi connectivity index (χ2v) is 6.81. The van der Waals surface area contributed by atoms with Gasteiger partial charge >= 0.3 is 6.03 Å². The summed E-state index contributed by atoms with van der Waals surface area (Å²) in [6, 6.07) is 15.5. The van der Waals surface area contributed by atoms with Gasteiger partial charge in [0.2, 0.25) is 0 Å². The summed E-state index contributed by atoms with van der Waals surface area (Å²) < 4.78 is 0. The number of nitrogens with one attached hydrogen (secondary N) is 2. The van der Waals surface area contributed by atoms with Crippen molar-refractivity contribution in [3.05, 3.63) is 65.9 Å². The minimum Gasteiger partial charge on any atom is -0.391 e. The van der Waals surface area contributed by atoms with E-state index < -0.39 is 6.10 Å². The Morgan fingerprint density at radius 3 is 2.85 bits per heavy atom. The number of hydrogen-bond acceptors (Lipinski definition) is 3. The molecular weight excluding hydrogens is 328 g/mol. The Labute approximate surface area is 151 Å². The monoisotopic (exact) mass is 350 g/mol. The van der Waals surface area contributed by atoms with E-state index in [0.717, 1.165) is 22.0 Å². The Morgan fingerprint density at radius 2 is 2.00 bits per heavy atom. The van der Waals surface area contributed by atoms with Gasteiger partial charge in [0.15, 0.2) is 0 Å². The van der Waals surface area contributed by atoms with Crippen molar-refractivity contribution in [1.82, 2.24) is 20.4 Å². The van der Waals surface area contributed by atoms with Crippen LogP contribution in [0.3, 0.4) is 0 Å². The molecule has 1 aliphatic heterocycles. The topological polar surface area (TPSA) is 81.2 Å². The lowest BCUT2D eigenvalue weighted by molar-refractivity contribution is 0.128. The van der Waals surface area contributed by atoms with E-state index in [4.69, 9.17) is 0 Å². The third kappa shape index (κ3) is 3.55. The molecule has 4 rings (SSSR count). The summed E-state index contributed by atoms with van der Waals surface area (Å²) in [7, 11) is 0. The zero-order chi connectivity index (χ0) is 17.9. The van der Waals surface area contributed by atoms with Gasteiger partial charge in [0.25, 0.3) is 0 Å². The average molecular weight is 350 g/mol. The number of aliphatic hydroxyl groups excluding tert-OH is 1.